The molecule has 0 N–H and O–H groups in total. The van der Waals surface area contributed by atoms with Gasteiger partial charge >= 0.3 is 0 Å². The van der Waals surface area contributed by atoms with Crippen molar-refractivity contribution in [2.24, 2.45) is 0 Å². The Morgan fingerprint density at radius 1 is 1.15 bits per heavy atom. The number of rotatable bonds is 4. The standard InChI is InChI=1S/C13H10ClFNO3S/c1-19-13-7-2-9(14)8-12(13)16-20(17,18)11-5-3-10(15)4-6-11/h2-8H,1H3/q-1. The van der Waals surface area contributed by atoms with Gasteiger partial charge in [-0.1, -0.05) is 23.4 Å². The Bertz CT molecular complexity index is 717. The smallest absolute Gasteiger partial charge is 0.123 e. The fourth-order valence-electron chi connectivity index (χ4n) is 1.52. The number of hydrogen-bond donors (Lipinski definition) is 0. The van der Waals surface area contributed by atoms with Crippen LogP contribution in [0.1, 0.15) is 0 Å². The van der Waals surface area contributed by atoms with Crippen molar-refractivity contribution in [3.63, 3.8) is 0 Å². The van der Waals surface area contributed by atoms with E-state index in [1.165, 1.54) is 19.2 Å². The zero-order valence-corrected chi connectivity index (χ0v) is 12.0. The van der Waals surface area contributed by atoms with Crippen molar-refractivity contribution >= 4 is 27.3 Å². The molecule has 0 fully saturated rings. The van der Waals surface area contributed by atoms with E-state index in [-0.39, 0.29) is 16.3 Å². The second-order valence-electron chi connectivity index (χ2n) is 3.84. The Hall–Kier alpha value is -1.79. The highest BCUT2D eigenvalue weighted by atomic mass is 35.5. The van der Waals surface area contributed by atoms with Crippen LogP contribution >= 0.6 is 11.6 Å². The summed E-state index contributed by atoms with van der Waals surface area (Å²) >= 11 is 5.81. The van der Waals surface area contributed by atoms with E-state index >= 15 is 0 Å². The average Bonchev–Trinajstić information content (AvgIpc) is 2.39. The highest BCUT2D eigenvalue weighted by molar-refractivity contribution is 7.94. The molecule has 0 spiro atoms. The van der Waals surface area contributed by atoms with Crippen LogP contribution in [0.2, 0.25) is 5.02 Å². The molecule has 0 heterocycles. The largest absolute Gasteiger partial charge is 0.570 e. The molecule has 0 saturated heterocycles. The Kier molecular flexibility index (Phi) is 4.15. The molecule has 0 aromatic heterocycles. The maximum absolute atomic E-state index is 12.8. The molecule has 2 aromatic rings. The highest BCUT2D eigenvalue weighted by Gasteiger charge is 2.07. The first-order valence-corrected chi connectivity index (χ1v) is 7.31. The first-order chi connectivity index (χ1) is 9.42. The van der Waals surface area contributed by atoms with Crippen molar-refractivity contribution < 1.29 is 17.5 Å². The quantitative estimate of drug-likeness (QED) is 0.860. The topological polar surface area (TPSA) is 57.5 Å². The summed E-state index contributed by atoms with van der Waals surface area (Å²) in [5.41, 5.74) is 0.0873. The van der Waals surface area contributed by atoms with Crippen LogP contribution in [0.25, 0.3) is 4.72 Å². The van der Waals surface area contributed by atoms with Gasteiger partial charge in [-0.15, -0.1) is 0 Å². The fraction of sp³-hybridized carbons (Fsp3) is 0.0769. The van der Waals surface area contributed by atoms with E-state index in [0.717, 1.165) is 24.3 Å². The summed E-state index contributed by atoms with van der Waals surface area (Å²) in [7, 11) is -2.56. The van der Waals surface area contributed by atoms with E-state index in [2.05, 4.69) is 4.72 Å². The van der Waals surface area contributed by atoms with Gasteiger partial charge < -0.3 is 9.46 Å². The number of hydrogen-bond acceptors (Lipinski definition) is 3. The molecule has 20 heavy (non-hydrogen) atoms. The van der Waals surface area contributed by atoms with Crippen LogP contribution in [-0.4, -0.2) is 15.5 Å². The molecule has 0 aliphatic carbocycles. The molecular formula is C13H10ClFNO3S-. The number of benzene rings is 2. The third-order valence-corrected chi connectivity index (χ3v) is 4.01. The van der Waals surface area contributed by atoms with Gasteiger partial charge in [0.05, 0.1) is 12.0 Å². The van der Waals surface area contributed by atoms with Crippen LogP contribution in [0, 0.1) is 5.82 Å². The van der Waals surface area contributed by atoms with Gasteiger partial charge in [0.15, 0.2) is 0 Å². The summed E-state index contributed by atoms with van der Waals surface area (Å²) in [6.07, 6.45) is 0. The van der Waals surface area contributed by atoms with E-state index in [1.54, 1.807) is 6.07 Å². The van der Waals surface area contributed by atoms with E-state index in [9.17, 15) is 12.8 Å². The number of nitrogens with zero attached hydrogens (tertiary/aromatic N) is 1. The molecule has 0 aliphatic heterocycles. The second-order valence-corrected chi connectivity index (χ2v) is 5.88. The minimum atomic E-state index is -3.96. The lowest BCUT2D eigenvalue weighted by atomic mass is 10.3. The van der Waals surface area contributed by atoms with Gasteiger partial charge in [-0.2, -0.15) is 0 Å². The molecule has 0 bridgehead atoms. The lowest BCUT2D eigenvalue weighted by molar-refractivity contribution is 0.417. The minimum absolute atomic E-state index is 0.0873. The van der Waals surface area contributed by atoms with Crippen molar-refractivity contribution in [2.45, 2.75) is 4.90 Å². The molecule has 0 aliphatic rings. The molecular weight excluding hydrogens is 305 g/mol. The van der Waals surface area contributed by atoms with Crippen molar-refractivity contribution in [1.29, 1.82) is 0 Å². The molecule has 106 valence electrons. The first kappa shape index (κ1) is 14.6. The molecule has 0 radical (unpaired) electrons. The molecule has 0 unspecified atom stereocenters. The van der Waals surface area contributed by atoms with Crippen LogP contribution in [0.5, 0.6) is 5.75 Å². The summed E-state index contributed by atoms with van der Waals surface area (Å²) in [5.74, 6) is -0.246. The van der Waals surface area contributed by atoms with E-state index < -0.39 is 15.8 Å². The molecule has 0 atom stereocenters. The van der Waals surface area contributed by atoms with Gasteiger partial charge in [-0.25, -0.2) is 12.8 Å². The van der Waals surface area contributed by atoms with Crippen LogP contribution < -0.4 is 4.74 Å². The van der Waals surface area contributed by atoms with Gasteiger partial charge in [-0.05, 0) is 36.4 Å². The number of methoxy groups -OCH3 is 1. The van der Waals surface area contributed by atoms with Crippen molar-refractivity contribution in [2.75, 3.05) is 7.11 Å². The number of ether oxygens (including phenoxy) is 1. The Morgan fingerprint density at radius 2 is 1.80 bits per heavy atom. The van der Waals surface area contributed by atoms with Gasteiger partial charge in [-0.3, -0.25) is 0 Å². The zero-order valence-electron chi connectivity index (χ0n) is 10.4. The fourth-order valence-corrected chi connectivity index (χ4v) is 2.68. The van der Waals surface area contributed by atoms with Crippen molar-refractivity contribution in [3.05, 3.63) is 58.0 Å². The lowest BCUT2D eigenvalue weighted by Crippen LogP contribution is -1.98. The predicted molar refractivity (Wildman–Crippen MR) is 74.6 cm³/mol. The Morgan fingerprint density at radius 3 is 2.40 bits per heavy atom. The minimum Gasteiger partial charge on any atom is -0.570 e. The van der Waals surface area contributed by atoms with E-state index in [4.69, 9.17) is 16.3 Å². The van der Waals surface area contributed by atoms with Crippen LogP contribution in [0.15, 0.2) is 47.4 Å². The molecule has 2 rings (SSSR count). The summed E-state index contributed by atoms with van der Waals surface area (Å²) in [6, 6.07) is 8.85. The van der Waals surface area contributed by atoms with Gasteiger partial charge in [0.1, 0.15) is 21.6 Å². The highest BCUT2D eigenvalue weighted by Crippen LogP contribution is 2.37. The van der Waals surface area contributed by atoms with Crippen molar-refractivity contribution in [3.8, 4) is 5.75 Å². The summed E-state index contributed by atoms with van der Waals surface area (Å²) in [5, 5.41) is 0.332. The number of sulfonamides is 1. The average molecular weight is 315 g/mol. The second kappa shape index (κ2) is 5.68. The molecule has 2 aromatic carbocycles. The van der Waals surface area contributed by atoms with Crippen LogP contribution in [-0.2, 0) is 10.0 Å². The summed E-state index contributed by atoms with van der Waals surface area (Å²) in [4.78, 5) is -0.110. The normalized spacial score (nSPS) is 11.2. The van der Waals surface area contributed by atoms with Gasteiger partial charge in [0.25, 0.3) is 0 Å². The molecule has 7 heteroatoms. The maximum atomic E-state index is 12.8. The maximum Gasteiger partial charge on any atom is 0.123 e. The van der Waals surface area contributed by atoms with Crippen LogP contribution in [0.4, 0.5) is 10.1 Å². The van der Waals surface area contributed by atoms with E-state index in [1.807, 2.05) is 0 Å². The Balaban J connectivity index is 2.37. The van der Waals surface area contributed by atoms with Crippen molar-refractivity contribution in [1.82, 2.24) is 0 Å². The summed E-state index contributed by atoms with van der Waals surface area (Å²) < 4.78 is 45.7. The van der Waals surface area contributed by atoms with Crippen LogP contribution in [0.3, 0.4) is 0 Å². The van der Waals surface area contributed by atoms with Gasteiger partial charge in [0.2, 0.25) is 0 Å². The Labute approximate surface area is 121 Å². The molecule has 4 nitrogen and oxygen atoms in total. The first-order valence-electron chi connectivity index (χ1n) is 5.49. The monoisotopic (exact) mass is 314 g/mol. The lowest BCUT2D eigenvalue weighted by Gasteiger charge is -2.24. The third kappa shape index (κ3) is 3.20. The van der Waals surface area contributed by atoms with E-state index in [0.29, 0.717) is 5.02 Å². The molecule has 0 amide bonds. The van der Waals surface area contributed by atoms with Gasteiger partial charge in [0, 0.05) is 5.02 Å². The third-order valence-electron chi connectivity index (χ3n) is 2.47. The SMILES string of the molecule is COc1ccc(Cl)cc1[N-]S(=O)(=O)c1ccc(F)cc1. The molecule has 0 saturated carbocycles. The summed E-state index contributed by atoms with van der Waals surface area (Å²) in [6.45, 7) is 0. The zero-order chi connectivity index (χ0) is 14.8. The predicted octanol–water partition coefficient (Wildman–Crippen LogP) is 3.88. The number of halogens is 2.